The fourth-order valence-corrected chi connectivity index (χ4v) is 2.15. The number of unbranched alkanes of at least 4 members (excludes halogenated alkanes) is 2. The molecule has 0 fully saturated rings. The van der Waals surface area contributed by atoms with Gasteiger partial charge in [-0.25, -0.2) is 4.98 Å². The fraction of sp³-hybridized carbons (Fsp3) is 0.571. The minimum atomic E-state index is 0.0147. The first-order valence-electron chi connectivity index (χ1n) is 6.75. The average Bonchev–Trinajstić information content (AvgIpc) is 2.40. The summed E-state index contributed by atoms with van der Waals surface area (Å²) < 4.78 is 0.819. The van der Waals surface area contributed by atoms with Crippen molar-refractivity contribution < 1.29 is 4.79 Å². The summed E-state index contributed by atoms with van der Waals surface area (Å²) in [6, 6.07) is 1.82. The molecule has 0 aliphatic heterocycles. The first kappa shape index (κ1) is 16.0. The van der Waals surface area contributed by atoms with Gasteiger partial charge in [-0.1, -0.05) is 19.8 Å². The third-order valence-electron chi connectivity index (χ3n) is 2.87. The number of anilines is 1. The lowest BCUT2D eigenvalue weighted by molar-refractivity contribution is 0.0793. The second-order valence-corrected chi connectivity index (χ2v) is 5.43. The third-order valence-corrected chi connectivity index (χ3v) is 3.31. The van der Waals surface area contributed by atoms with Gasteiger partial charge in [0, 0.05) is 30.8 Å². The van der Waals surface area contributed by atoms with Crippen molar-refractivity contribution in [3.8, 4) is 0 Å². The topological polar surface area (TPSA) is 45.2 Å². The Morgan fingerprint density at radius 3 is 2.79 bits per heavy atom. The third kappa shape index (κ3) is 4.82. The number of carbonyl (C=O) groups is 1. The molecule has 1 heterocycles. The summed E-state index contributed by atoms with van der Waals surface area (Å²) in [6.07, 6.45) is 5.04. The molecule has 1 aromatic heterocycles. The highest BCUT2D eigenvalue weighted by Gasteiger charge is 2.16. The van der Waals surface area contributed by atoms with Gasteiger partial charge in [0.25, 0.3) is 5.91 Å². The van der Waals surface area contributed by atoms with Crippen LogP contribution in [-0.2, 0) is 0 Å². The zero-order valence-corrected chi connectivity index (χ0v) is 13.5. The van der Waals surface area contributed by atoms with Crippen LogP contribution >= 0.6 is 15.9 Å². The number of halogens is 1. The number of rotatable bonds is 7. The van der Waals surface area contributed by atoms with Gasteiger partial charge < -0.3 is 10.2 Å². The van der Waals surface area contributed by atoms with Crippen LogP contribution in [0.2, 0.25) is 0 Å². The van der Waals surface area contributed by atoms with E-state index < -0.39 is 0 Å². The fourth-order valence-electron chi connectivity index (χ4n) is 1.82. The molecule has 0 atom stereocenters. The number of pyridine rings is 1. The molecule has 1 aromatic rings. The highest BCUT2D eigenvalue weighted by atomic mass is 79.9. The molecule has 0 saturated heterocycles. The number of hydrogen-bond donors (Lipinski definition) is 1. The molecule has 1 amide bonds. The van der Waals surface area contributed by atoms with Crippen molar-refractivity contribution in [2.45, 2.75) is 33.1 Å². The van der Waals surface area contributed by atoms with Crippen LogP contribution in [0.1, 0.15) is 43.5 Å². The van der Waals surface area contributed by atoms with Gasteiger partial charge in [-0.2, -0.15) is 0 Å². The molecule has 0 saturated carbocycles. The Kier molecular flexibility index (Phi) is 6.84. The Hall–Kier alpha value is -1.10. The second-order valence-electron chi connectivity index (χ2n) is 4.51. The van der Waals surface area contributed by atoms with Crippen molar-refractivity contribution in [2.75, 3.05) is 25.5 Å². The summed E-state index contributed by atoms with van der Waals surface area (Å²) in [4.78, 5) is 18.4. The van der Waals surface area contributed by atoms with Crippen molar-refractivity contribution in [3.63, 3.8) is 0 Å². The Labute approximate surface area is 123 Å². The highest BCUT2D eigenvalue weighted by molar-refractivity contribution is 9.10. The second kappa shape index (κ2) is 8.15. The zero-order chi connectivity index (χ0) is 14.3. The van der Waals surface area contributed by atoms with Gasteiger partial charge >= 0.3 is 0 Å². The predicted octanol–water partition coefficient (Wildman–Crippen LogP) is 3.54. The summed E-state index contributed by atoms with van der Waals surface area (Å²) >= 11 is 3.37. The van der Waals surface area contributed by atoms with Gasteiger partial charge in [0.1, 0.15) is 5.82 Å². The number of nitrogens with one attached hydrogen (secondary N) is 1. The van der Waals surface area contributed by atoms with E-state index in [2.05, 4.69) is 33.2 Å². The predicted molar refractivity (Wildman–Crippen MR) is 82.6 cm³/mol. The minimum absolute atomic E-state index is 0.0147. The van der Waals surface area contributed by atoms with Crippen LogP contribution < -0.4 is 5.32 Å². The van der Waals surface area contributed by atoms with E-state index in [0.717, 1.165) is 36.8 Å². The van der Waals surface area contributed by atoms with Crippen LogP contribution in [0.4, 0.5) is 5.82 Å². The molecular formula is C14H22BrN3O. The summed E-state index contributed by atoms with van der Waals surface area (Å²) in [5.74, 6) is 0.666. The molecule has 0 bridgehead atoms. The van der Waals surface area contributed by atoms with Crippen LogP contribution in [0.5, 0.6) is 0 Å². The quantitative estimate of drug-likeness (QED) is 0.779. The molecule has 1 rings (SSSR count). The first-order valence-corrected chi connectivity index (χ1v) is 7.54. The van der Waals surface area contributed by atoms with Crippen molar-refractivity contribution in [1.82, 2.24) is 9.88 Å². The molecule has 0 aromatic carbocycles. The highest BCUT2D eigenvalue weighted by Crippen LogP contribution is 2.19. The number of nitrogens with zero attached hydrogens (tertiary/aromatic N) is 2. The minimum Gasteiger partial charge on any atom is -0.370 e. The maximum Gasteiger partial charge on any atom is 0.257 e. The molecule has 0 spiro atoms. The van der Waals surface area contributed by atoms with Crippen LogP contribution in [-0.4, -0.2) is 35.9 Å². The number of amides is 1. The van der Waals surface area contributed by atoms with E-state index >= 15 is 0 Å². The Balaban J connectivity index is 2.81. The first-order chi connectivity index (χ1) is 9.10. The van der Waals surface area contributed by atoms with E-state index in [9.17, 15) is 4.79 Å². The Morgan fingerprint density at radius 1 is 1.42 bits per heavy atom. The number of aromatic nitrogens is 1. The van der Waals surface area contributed by atoms with Crippen molar-refractivity contribution in [2.24, 2.45) is 0 Å². The van der Waals surface area contributed by atoms with Gasteiger partial charge in [-0.15, -0.1) is 0 Å². The van der Waals surface area contributed by atoms with Crippen molar-refractivity contribution >= 4 is 27.7 Å². The standard InChI is InChI=1S/C14H22BrN3O/c1-4-6-7-8-18(3)14(19)12-9-11(15)10-17-13(12)16-5-2/h9-10H,4-8H2,1-3H3,(H,16,17). The van der Waals surface area contributed by atoms with E-state index in [4.69, 9.17) is 0 Å². The molecule has 0 aliphatic rings. The Morgan fingerprint density at radius 2 is 2.16 bits per heavy atom. The van der Waals surface area contributed by atoms with E-state index in [1.165, 1.54) is 0 Å². The van der Waals surface area contributed by atoms with Gasteiger partial charge in [0.2, 0.25) is 0 Å². The van der Waals surface area contributed by atoms with E-state index in [-0.39, 0.29) is 5.91 Å². The van der Waals surface area contributed by atoms with Crippen LogP contribution in [0.25, 0.3) is 0 Å². The largest absolute Gasteiger partial charge is 0.370 e. The van der Waals surface area contributed by atoms with Crippen LogP contribution in [0, 0.1) is 0 Å². The monoisotopic (exact) mass is 327 g/mol. The van der Waals surface area contributed by atoms with E-state index in [1.807, 2.05) is 20.0 Å². The van der Waals surface area contributed by atoms with Gasteiger partial charge in [-0.3, -0.25) is 4.79 Å². The van der Waals surface area contributed by atoms with Crippen molar-refractivity contribution in [3.05, 3.63) is 22.3 Å². The Bertz CT molecular complexity index is 423. The maximum atomic E-state index is 12.4. The van der Waals surface area contributed by atoms with Crippen LogP contribution in [0.15, 0.2) is 16.7 Å². The lowest BCUT2D eigenvalue weighted by Crippen LogP contribution is -2.28. The molecule has 0 radical (unpaired) electrons. The lowest BCUT2D eigenvalue weighted by Gasteiger charge is -2.19. The SMILES string of the molecule is CCCCCN(C)C(=O)c1cc(Br)cnc1NCC. The number of hydrogen-bond acceptors (Lipinski definition) is 3. The molecule has 19 heavy (non-hydrogen) atoms. The molecular weight excluding hydrogens is 306 g/mol. The summed E-state index contributed by atoms with van der Waals surface area (Å²) in [7, 11) is 1.84. The molecule has 1 N–H and O–H groups in total. The zero-order valence-electron chi connectivity index (χ0n) is 11.9. The molecule has 4 nitrogen and oxygen atoms in total. The summed E-state index contributed by atoms with van der Waals surface area (Å²) in [5, 5.41) is 3.13. The summed E-state index contributed by atoms with van der Waals surface area (Å²) in [6.45, 7) is 5.67. The van der Waals surface area contributed by atoms with Crippen molar-refractivity contribution in [1.29, 1.82) is 0 Å². The van der Waals surface area contributed by atoms with Gasteiger partial charge in [0.15, 0.2) is 0 Å². The van der Waals surface area contributed by atoms with E-state index in [1.54, 1.807) is 11.1 Å². The lowest BCUT2D eigenvalue weighted by atomic mass is 10.2. The van der Waals surface area contributed by atoms with Gasteiger partial charge in [-0.05, 0) is 35.3 Å². The molecule has 0 unspecified atom stereocenters. The molecule has 0 aliphatic carbocycles. The van der Waals surface area contributed by atoms with E-state index in [0.29, 0.717) is 11.4 Å². The molecule has 5 heteroatoms. The van der Waals surface area contributed by atoms with Crippen LogP contribution in [0.3, 0.4) is 0 Å². The smallest absolute Gasteiger partial charge is 0.257 e. The molecule has 106 valence electrons. The maximum absolute atomic E-state index is 12.4. The van der Waals surface area contributed by atoms with Gasteiger partial charge in [0.05, 0.1) is 5.56 Å². The number of carbonyl (C=O) groups excluding carboxylic acids is 1. The summed E-state index contributed by atoms with van der Waals surface area (Å²) in [5.41, 5.74) is 0.621. The average molecular weight is 328 g/mol. The normalized spacial score (nSPS) is 10.3.